The maximum absolute atomic E-state index is 11.0. The minimum absolute atomic E-state index is 0.00259. The van der Waals surface area contributed by atoms with Gasteiger partial charge < -0.3 is 59.2 Å². The summed E-state index contributed by atoms with van der Waals surface area (Å²) in [5.41, 5.74) is 0. The lowest BCUT2D eigenvalue weighted by Gasteiger charge is -2.39. The van der Waals surface area contributed by atoms with Crippen molar-refractivity contribution < 1.29 is 59.2 Å². The van der Waals surface area contributed by atoms with Crippen LogP contribution in [0.2, 0.25) is 36.3 Å². The third-order valence-electron chi connectivity index (χ3n) is 7.73. The molecule has 0 bridgehead atoms. The van der Waals surface area contributed by atoms with Crippen LogP contribution in [0.15, 0.2) is 0 Å². The first kappa shape index (κ1) is 37.7. The van der Waals surface area contributed by atoms with Crippen LogP contribution in [0.25, 0.3) is 0 Å². The Bertz CT molecular complexity index is 709. The van der Waals surface area contributed by atoms with Crippen molar-refractivity contribution in [2.75, 3.05) is 13.2 Å². The molecular formula is C24H52O12Si2. The van der Waals surface area contributed by atoms with E-state index >= 15 is 0 Å². The predicted molar refractivity (Wildman–Crippen MR) is 145 cm³/mol. The number of carbonyl (C=O) groups is 1. The predicted octanol–water partition coefficient (Wildman–Crippen LogP) is -0.541. The van der Waals surface area contributed by atoms with Crippen LogP contribution in [0.4, 0.5) is 0 Å². The molecule has 0 aliphatic rings. The molecule has 0 aromatic rings. The molecule has 38 heavy (non-hydrogen) atoms. The molecule has 0 rings (SSSR count). The van der Waals surface area contributed by atoms with E-state index in [9.17, 15) is 45.6 Å². The summed E-state index contributed by atoms with van der Waals surface area (Å²) >= 11 is 0. The first-order valence-electron chi connectivity index (χ1n) is 12.7. The Morgan fingerprint density at radius 1 is 0.632 bits per heavy atom. The van der Waals surface area contributed by atoms with E-state index in [1.54, 1.807) is 0 Å². The van der Waals surface area contributed by atoms with Gasteiger partial charge in [0.15, 0.2) is 29.2 Å². The average Bonchev–Trinajstić information content (AvgIpc) is 2.80. The molecule has 0 saturated heterocycles. The van der Waals surface area contributed by atoms with E-state index in [1.807, 2.05) is 67.7 Å². The molecule has 0 amide bonds. The van der Waals surface area contributed by atoms with Gasteiger partial charge >= 0.3 is 0 Å². The summed E-state index contributed by atoms with van der Waals surface area (Å²) in [5.74, 6) is 0. The molecule has 0 heterocycles. The molecule has 0 aromatic carbocycles. The van der Waals surface area contributed by atoms with Gasteiger partial charge in [-0.2, -0.15) is 0 Å². The highest BCUT2D eigenvalue weighted by Crippen LogP contribution is 2.37. The number of rotatable bonds is 16. The van der Waals surface area contributed by atoms with Crippen LogP contribution in [0.1, 0.15) is 41.5 Å². The lowest BCUT2D eigenvalue weighted by molar-refractivity contribution is -0.259. The monoisotopic (exact) mass is 588 g/mol. The molecule has 0 aromatic heterocycles. The second-order valence-corrected chi connectivity index (χ2v) is 22.5. The first-order valence-corrected chi connectivity index (χ1v) is 18.6. The Labute approximate surface area is 228 Å². The molecule has 0 radical (unpaired) electrons. The van der Waals surface area contributed by atoms with Crippen LogP contribution >= 0.6 is 0 Å². The molecular weight excluding hydrogens is 536 g/mol. The Morgan fingerprint density at radius 2 is 1.03 bits per heavy atom. The van der Waals surface area contributed by atoms with E-state index in [4.69, 9.17) is 13.6 Å². The van der Waals surface area contributed by atoms with E-state index in [2.05, 4.69) is 0 Å². The van der Waals surface area contributed by atoms with Gasteiger partial charge in [0.05, 0.1) is 13.2 Å². The topological polar surface area (TPSA) is 207 Å². The third kappa shape index (κ3) is 10.6. The summed E-state index contributed by atoms with van der Waals surface area (Å²) < 4.78 is 16.9. The molecule has 12 nitrogen and oxygen atoms in total. The summed E-state index contributed by atoms with van der Waals surface area (Å²) in [6.45, 7) is 18.8. The van der Waals surface area contributed by atoms with Gasteiger partial charge in [-0.1, -0.05) is 41.5 Å². The lowest BCUT2D eigenvalue weighted by Crippen LogP contribution is -2.56. The molecule has 0 saturated carbocycles. The van der Waals surface area contributed by atoms with Gasteiger partial charge in [0.2, 0.25) is 0 Å². The van der Waals surface area contributed by atoms with Crippen LogP contribution < -0.4 is 0 Å². The zero-order valence-electron chi connectivity index (χ0n) is 24.4. The number of aldehydes is 1. The second-order valence-electron chi connectivity index (χ2n) is 12.9. The largest absolute Gasteiger partial charge is 0.414 e. The Hall–Kier alpha value is -0.336. The second kappa shape index (κ2) is 14.5. The normalized spacial score (nSPS) is 21.1. The standard InChI is InChI=1S/C24H52O12Si2/c1-23(2,3)37(7,8)34-12-15(27)17(29)19(31)20(32)22(33)36-21(18(30)14(26)11-25)16(28)13-35-38(9,10)24(4,5)6/h11,14-22,26-33H,12-13H2,1-10H3/t14-,15+,16+,17-,18+,19-,20+,21+,22+/m0/s1. The maximum Gasteiger partial charge on any atom is 0.192 e. The van der Waals surface area contributed by atoms with Crippen molar-refractivity contribution in [1.82, 2.24) is 0 Å². The van der Waals surface area contributed by atoms with Crippen molar-refractivity contribution in [3.8, 4) is 0 Å². The molecule has 0 aliphatic carbocycles. The zero-order chi connectivity index (χ0) is 30.4. The highest BCUT2D eigenvalue weighted by Gasteiger charge is 2.43. The quantitative estimate of drug-likeness (QED) is 0.0650. The van der Waals surface area contributed by atoms with Crippen LogP contribution in [0.5, 0.6) is 0 Å². The van der Waals surface area contributed by atoms with E-state index < -0.39 is 71.8 Å². The Kier molecular flexibility index (Phi) is 14.4. The Balaban J connectivity index is 5.49. The van der Waals surface area contributed by atoms with Gasteiger partial charge in [-0.15, -0.1) is 0 Å². The molecule has 228 valence electrons. The smallest absolute Gasteiger partial charge is 0.192 e. The van der Waals surface area contributed by atoms with Gasteiger partial charge in [-0.3, -0.25) is 0 Å². The van der Waals surface area contributed by atoms with Crippen LogP contribution in [0.3, 0.4) is 0 Å². The summed E-state index contributed by atoms with van der Waals surface area (Å²) in [4.78, 5) is 11.0. The van der Waals surface area contributed by atoms with Crippen molar-refractivity contribution in [2.45, 2.75) is 133 Å². The van der Waals surface area contributed by atoms with Crippen LogP contribution in [-0.4, -0.2) is 132 Å². The van der Waals surface area contributed by atoms with E-state index in [1.165, 1.54) is 0 Å². The van der Waals surface area contributed by atoms with E-state index in [0.717, 1.165) is 0 Å². The van der Waals surface area contributed by atoms with Gasteiger partial charge in [0.25, 0.3) is 0 Å². The molecule has 8 N–H and O–H groups in total. The molecule has 9 atom stereocenters. The highest BCUT2D eigenvalue weighted by molar-refractivity contribution is 6.74. The fourth-order valence-electron chi connectivity index (χ4n) is 2.73. The van der Waals surface area contributed by atoms with Gasteiger partial charge in [-0.05, 0) is 36.3 Å². The average molecular weight is 589 g/mol. The van der Waals surface area contributed by atoms with Gasteiger partial charge in [0.1, 0.15) is 48.8 Å². The van der Waals surface area contributed by atoms with Crippen LogP contribution in [0, 0.1) is 0 Å². The SMILES string of the molecule is CC(C)(C)[Si](C)(C)OC[C@@H](O)[C@H](O)[C@H](O)[C@@H](O)[C@H](O)O[C@@H]([C@H](O)[C@@H](O)C=O)[C@H](O)CO[Si](C)(C)C(C)(C)C. The van der Waals surface area contributed by atoms with Crippen LogP contribution in [-0.2, 0) is 18.4 Å². The number of hydrogen-bond donors (Lipinski definition) is 8. The lowest BCUT2D eigenvalue weighted by atomic mass is 10.0. The molecule has 0 aliphatic heterocycles. The van der Waals surface area contributed by atoms with Crippen molar-refractivity contribution in [3.63, 3.8) is 0 Å². The van der Waals surface area contributed by atoms with Gasteiger partial charge in [-0.25, -0.2) is 0 Å². The molecule has 0 fully saturated rings. The number of ether oxygens (including phenoxy) is 1. The Morgan fingerprint density at radius 3 is 1.39 bits per heavy atom. The third-order valence-corrected chi connectivity index (χ3v) is 16.7. The fourth-order valence-corrected chi connectivity index (χ4v) is 4.77. The number of aliphatic hydroxyl groups excluding tert-OH is 8. The first-order chi connectivity index (χ1) is 16.9. The van der Waals surface area contributed by atoms with Crippen molar-refractivity contribution in [3.05, 3.63) is 0 Å². The van der Waals surface area contributed by atoms with Crippen molar-refractivity contribution in [2.24, 2.45) is 0 Å². The zero-order valence-corrected chi connectivity index (χ0v) is 26.4. The molecule has 0 unspecified atom stereocenters. The van der Waals surface area contributed by atoms with Crippen molar-refractivity contribution in [1.29, 1.82) is 0 Å². The fraction of sp³-hybridized carbons (Fsp3) is 0.958. The summed E-state index contributed by atoms with van der Waals surface area (Å²) in [7, 11) is -4.67. The number of aliphatic hydroxyl groups is 8. The van der Waals surface area contributed by atoms with E-state index in [-0.39, 0.29) is 29.6 Å². The minimum atomic E-state index is -2.38. The molecule has 0 spiro atoms. The van der Waals surface area contributed by atoms with E-state index in [0.29, 0.717) is 0 Å². The summed E-state index contributed by atoms with van der Waals surface area (Å²) in [6, 6.07) is 0. The minimum Gasteiger partial charge on any atom is -0.414 e. The van der Waals surface area contributed by atoms with Crippen molar-refractivity contribution >= 4 is 22.9 Å². The summed E-state index contributed by atoms with van der Waals surface area (Å²) in [5, 5.41) is 82.2. The summed E-state index contributed by atoms with van der Waals surface area (Å²) in [6.07, 6.45) is -17.8. The maximum atomic E-state index is 11.0. The highest BCUT2D eigenvalue weighted by atomic mass is 28.4. The van der Waals surface area contributed by atoms with Gasteiger partial charge in [0, 0.05) is 0 Å². The number of hydrogen-bond acceptors (Lipinski definition) is 12. The molecule has 14 heteroatoms. The number of carbonyl (C=O) groups excluding carboxylic acids is 1.